The summed E-state index contributed by atoms with van der Waals surface area (Å²) in [5.74, 6) is -3.16. The Bertz CT molecular complexity index is 858. The van der Waals surface area contributed by atoms with Crippen LogP contribution in [0.3, 0.4) is 0 Å². The van der Waals surface area contributed by atoms with Gasteiger partial charge < -0.3 is 28.4 Å². The number of halogens is 2. The molecule has 0 radical (unpaired) electrons. The van der Waals surface area contributed by atoms with E-state index in [1.54, 1.807) is 0 Å². The van der Waals surface area contributed by atoms with Crippen molar-refractivity contribution in [2.24, 2.45) is 0 Å². The molecule has 0 bridgehead atoms. The van der Waals surface area contributed by atoms with Crippen LogP contribution in [0.25, 0.3) is 0 Å². The Labute approximate surface area is 187 Å². The predicted octanol–water partition coefficient (Wildman–Crippen LogP) is 2.07. The van der Waals surface area contributed by atoms with Crippen molar-refractivity contribution in [3.8, 4) is 5.75 Å². The van der Waals surface area contributed by atoms with Gasteiger partial charge in [-0.25, -0.2) is 4.79 Å². The normalized spacial score (nSPS) is 25.2. The van der Waals surface area contributed by atoms with Crippen molar-refractivity contribution in [3.05, 3.63) is 28.2 Å². The van der Waals surface area contributed by atoms with Gasteiger partial charge in [0.15, 0.2) is 18.3 Å². The lowest BCUT2D eigenvalue weighted by Gasteiger charge is -2.43. The highest BCUT2D eigenvalue weighted by Gasteiger charge is 2.55. The third-order valence-corrected chi connectivity index (χ3v) is 4.72. The summed E-state index contributed by atoms with van der Waals surface area (Å²) in [5.41, 5.74) is 0. The molecule has 170 valence electrons. The van der Waals surface area contributed by atoms with Gasteiger partial charge in [-0.1, -0.05) is 23.2 Å². The fourth-order valence-electron chi connectivity index (χ4n) is 2.86. The average Bonchev–Trinajstić information content (AvgIpc) is 2.67. The molecule has 1 aromatic carbocycles. The monoisotopic (exact) mass is 478 g/mol. The van der Waals surface area contributed by atoms with Gasteiger partial charge in [0, 0.05) is 26.8 Å². The zero-order valence-electron chi connectivity index (χ0n) is 17.0. The van der Waals surface area contributed by atoms with E-state index in [0.717, 1.165) is 27.9 Å². The molecule has 0 aromatic heterocycles. The molecule has 31 heavy (non-hydrogen) atoms. The lowest BCUT2D eigenvalue weighted by atomic mass is 9.97. The molecule has 10 nitrogen and oxygen atoms in total. The lowest BCUT2D eigenvalue weighted by molar-refractivity contribution is -0.282. The maximum Gasteiger partial charge on any atom is 0.339 e. The van der Waals surface area contributed by atoms with Crippen molar-refractivity contribution >= 4 is 47.1 Å². The van der Waals surface area contributed by atoms with Crippen LogP contribution in [0.15, 0.2) is 18.2 Å². The molecule has 12 heteroatoms. The number of benzene rings is 1. The van der Waals surface area contributed by atoms with Gasteiger partial charge in [-0.2, -0.15) is 0 Å². The number of rotatable bonds is 6. The van der Waals surface area contributed by atoms with Crippen LogP contribution in [-0.4, -0.2) is 61.7 Å². The Morgan fingerprint density at radius 3 is 1.90 bits per heavy atom. The maximum absolute atomic E-state index is 12.3. The standard InChI is InChI=1S/C19H20Cl2O10/c1-8(22)27-14-15(28-9(2)23)17(29-10(3)24)19(31-16(14)18(25)26-4)30-11-5-6-12(20)13(21)7-11/h5-7,14-17,19H,1-4H3/t14-,15-,16-,17+,19+/m0/s1. The smallest absolute Gasteiger partial charge is 0.339 e. The van der Waals surface area contributed by atoms with Gasteiger partial charge in [0.25, 0.3) is 0 Å². The molecule has 0 N–H and O–H groups in total. The summed E-state index contributed by atoms with van der Waals surface area (Å²) in [6.07, 6.45) is -7.37. The number of carbonyl (C=O) groups excluding carboxylic acids is 4. The van der Waals surface area contributed by atoms with Crippen LogP contribution in [0.4, 0.5) is 0 Å². The van der Waals surface area contributed by atoms with Gasteiger partial charge in [-0.05, 0) is 12.1 Å². The summed E-state index contributed by atoms with van der Waals surface area (Å²) in [5, 5.41) is 0.424. The van der Waals surface area contributed by atoms with E-state index in [0.29, 0.717) is 0 Å². The summed E-state index contributed by atoms with van der Waals surface area (Å²) < 4.78 is 31.7. The number of methoxy groups -OCH3 is 1. The summed E-state index contributed by atoms with van der Waals surface area (Å²) in [6, 6.07) is 4.27. The predicted molar refractivity (Wildman–Crippen MR) is 104 cm³/mol. The van der Waals surface area contributed by atoms with E-state index in [4.69, 9.17) is 51.6 Å². The second kappa shape index (κ2) is 10.7. The summed E-state index contributed by atoms with van der Waals surface area (Å²) in [7, 11) is 1.09. The topological polar surface area (TPSA) is 124 Å². The Morgan fingerprint density at radius 1 is 0.839 bits per heavy atom. The van der Waals surface area contributed by atoms with Crippen molar-refractivity contribution < 1.29 is 47.6 Å². The van der Waals surface area contributed by atoms with Crippen LogP contribution < -0.4 is 4.74 Å². The third kappa shape index (κ3) is 6.46. The minimum absolute atomic E-state index is 0.146. The SMILES string of the molecule is COC(=O)[C@H]1O[C@@H](Oc2ccc(Cl)c(Cl)c2)[C@H](OC(C)=O)[C@@H](OC(C)=O)[C@@H]1OC(C)=O. The molecule has 5 atom stereocenters. The Hall–Kier alpha value is -2.56. The summed E-state index contributed by atoms with van der Waals surface area (Å²) >= 11 is 11.9. The second-order valence-electron chi connectivity index (χ2n) is 6.36. The van der Waals surface area contributed by atoms with Crippen molar-refractivity contribution in [2.75, 3.05) is 7.11 Å². The van der Waals surface area contributed by atoms with Crippen LogP contribution in [0, 0.1) is 0 Å². The number of hydrogen-bond donors (Lipinski definition) is 0. The fourth-order valence-corrected chi connectivity index (χ4v) is 3.15. The van der Waals surface area contributed by atoms with Gasteiger partial charge in [0.05, 0.1) is 17.2 Å². The van der Waals surface area contributed by atoms with E-state index < -0.39 is 54.6 Å². The van der Waals surface area contributed by atoms with Crippen LogP contribution in [0.2, 0.25) is 10.0 Å². The second-order valence-corrected chi connectivity index (χ2v) is 7.18. The van der Waals surface area contributed by atoms with Crippen LogP contribution in [0.1, 0.15) is 20.8 Å². The van der Waals surface area contributed by atoms with Gasteiger partial charge in [0.2, 0.25) is 12.4 Å². The first-order valence-corrected chi connectivity index (χ1v) is 9.65. The Morgan fingerprint density at radius 2 is 1.39 bits per heavy atom. The molecule has 1 heterocycles. The fraction of sp³-hybridized carbons (Fsp3) is 0.474. The van der Waals surface area contributed by atoms with E-state index in [-0.39, 0.29) is 15.8 Å². The molecular formula is C19H20Cl2O10. The molecule has 0 aliphatic carbocycles. The number of esters is 4. The third-order valence-electron chi connectivity index (χ3n) is 3.98. The number of hydrogen-bond acceptors (Lipinski definition) is 10. The molecule has 1 saturated heterocycles. The van der Waals surface area contributed by atoms with Gasteiger partial charge in [-0.15, -0.1) is 0 Å². The van der Waals surface area contributed by atoms with E-state index in [1.807, 2.05) is 0 Å². The van der Waals surface area contributed by atoms with Crippen LogP contribution in [0.5, 0.6) is 5.75 Å². The highest BCUT2D eigenvalue weighted by atomic mass is 35.5. The molecule has 0 amide bonds. The number of ether oxygens (including phenoxy) is 6. The van der Waals surface area contributed by atoms with E-state index >= 15 is 0 Å². The highest BCUT2D eigenvalue weighted by molar-refractivity contribution is 6.42. The molecule has 1 fully saturated rings. The lowest BCUT2D eigenvalue weighted by Crippen LogP contribution is -2.64. The molecule has 0 unspecified atom stereocenters. The molecular weight excluding hydrogens is 459 g/mol. The van der Waals surface area contributed by atoms with E-state index in [1.165, 1.54) is 18.2 Å². The van der Waals surface area contributed by atoms with E-state index in [2.05, 4.69) is 0 Å². The molecule has 1 aliphatic rings. The molecule has 0 saturated carbocycles. The maximum atomic E-state index is 12.3. The van der Waals surface area contributed by atoms with Gasteiger partial charge in [-0.3, -0.25) is 14.4 Å². The Balaban J connectivity index is 2.50. The minimum atomic E-state index is -1.56. The number of carbonyl (C=O) groups is 4. The minimum Gasteiger partial charge on any atom is -0.467 e. The molecule has 2 rings (SSSR count). The van der Waals surface area contributed by atoms with Gasteiger partial charge in [0.1, 0.15) is 5.75 Å². The largest absolute Gasteiger partial charge is 0.467 e. The Kier molecular flexibility index (Phi) is 8.49. The van der Waals surface area contributed by atoms with Gasteiger partial charge >= 0.3 is 23.9 Å². The first kappa shape index (κ1) is 24.7. The van der Waals surface area contributed by atoms with Crippen molar-refractivity contribution in [3.63, 3.8) is 0 Å². The van der Waals surface area contributed by atoms with Crippen LogP contribution >= 0.6 is 23.2 Å². The van der Waals surface area contributed by atoms with E-state index in [9.17, 15) is 19.2 Å². The quantitative estimate of drug-likeness (QED) is 0.443. The van der Waals surface area contributed by atoms with Crippen LogP contribution in [-0.2, 0) is 42.9 Å². The summed E-state index contributed by atoms with van der Waals surface area (Å²) in [6.45, 7) is 3.28. The average molecular weight is 479 g/mol. The van der Waals surface area contributed by atoms with Crippen molar-refractivity contribution in [1.82, 2.24) is 0 Å². The molecule has 1 aromatic rings. The highest BCUT2D eigenvalue weighted by Crippen LogP contribution is 2.33. The molecule has 1 aliphatic heterocycles. The first-order chi connectivity index (χ1) is 14.5. The first-order valence-electron chi connectivity index (χ1n) is 8.90. The zero-order valence-corrected chi connectivity index (χ0v) is 18.5. The van der Waals surface area contributed by atoms with Crippen molar-refractivity contribution in [2.45, 2.75) is 51.5 Å². The summed E-state index contributed by atoms with van der Waals surface area (Å²) in [4.78, 5) is 47.4. The molecule has 0 spiro atoms. The zero-order chi connectivity index (χ0) is 23.3. The van der Waals surface area contributed by atoms with Crippen molar-refractivity contribution in [1.29, 1.82) is 0 Å².